The lowest BCUT2D eigenvalue weighted by molar-refractivity contribution is -0.00612. The predicted octanol–water partition coefficient (Wildman–Crippen LogP) is 3.50. The number of carbonyl (C=O) groups is 2. The van der Waals surface area contributed by atoms with Gasteiger partial charge in [0.1, 0.15) is 22.7 Å². The zero-order valence-corrected chi connectivity index (χ0v) is 17.8. The first-order chi connectivity index (χ1) is 15.1. The number of benzene rings is 1. The van der Waals surface area contributed by atoms with Crippen LogP contribution in [-0.2, 0) is 5.41 Å². The van der Waals surface area contributed by atoms with Gasteiger partial charge in [-0.25, -0.2) is 9.59 Å². The molecule has 4 bridgehead atoms. The lowest BCUT2D eigenvalue weighted by Crippen LogP contribution is -2.48. The van der Waals surface area contributed by atoms with Crippen LogP contribution in [-0.4, -0.2) is 32.2 Å². The molecule has 4 aliphatic carbocycles. The Kier molecular flexibility index (Phi) is 4.41. The van der Waals surface area contributed by atoms with Crippen LogP contribution in [0.2, 0.25) is 0 Å². The van der Waals surface area contributed by atoms with Crippen LogP contribution in [0.5, 0.6) is 5.75 Å². The first-order valence-corrected chi connectivity index (χ1v) is 11.0. The van der Waals surface area contributed by atoms with Gasteiger partial charge >= 0.3 is 11.9 Å². The molecule has 4 aliphatic rings. The first-order valence-electron chi connectivity index (χ1n) is 11.0. The maximum atomic E-state index is 12.5. The zero-order chi connectivity index (χ0) is 22.9. The van der Waals surface area contributed by atoms with Gasteiger partial charge in [0.15, 0.2) is 0 Å². The number of hydrogen-bond acceptors (Lipinski definition) is 5. The Morgan fingerprint density at radius 1 is 1.00 bits per heavy atom. The minimum absolute atomic E-state index is 0.0309. The molecule has 0 radical (unpaired) electrons. The van der Waals surface area contributed by atoms with E-state index in [2.05, 4.69) is 4.98 Å². The summed E-state index contributed by atoms with van der Waals surface area (Å²) in [5, 5.41) is 31.0. The third kappa shape index (κ3) is 2.92. The number of phenolic OH excluding ortho intramolecular Hbond substituents is 1. The van der Waals surface area contributed by atoms with Crippen molar-refractivity contribution in [3.8, 4) is 16.9 Å². The average Bonchev–Trinajstić information content (AvgIpc) is 2.67. The summed E-state index contributed by atoms with van der Waals surface area (Å²) in [7, 11) is 0. The molecular weight excluding hydrogens is 412 g/mol. The molecule has 1 aromatic heterocycles. The van der Waals surface area contributed by atoms with Gasteiger partial charge in [-0.05, 0) is 80.2 Å². The van der Waals surface area contributed by atoms with Gasteiger partial charge in [-0.15, -0.1) is 0 Å². The van der Waals surface area contributed by atoms with Crippen molar-refractivity contribution in [3.05, 3.63) is 44.7 Å². The lowest BCUT2D eigenvalue weighted by atomic mass is 9.48. The fourth-order valence-corrected chi connectivity index (χ4v) is 7.13. The van der Waals surface area contributed by atoms with Gasteiger partial charge in [-0.1, -0.05) is 6.07 Å². The maximum Gasteiger partial charge on any atom is 0.342 e. The number of aromatic amines is 1. The number of aromatic carboxylic acids is 2. The Morgan fingerprint density at radius 3 is 2.03 bits per heavy atom. The molecule has 0 atom stereocenters. The smallest absolute Gasteiger partial charge is 0.342 e. The van der Waals surface area contributed by atoms with E-state index >= 15 is 0 Å². The van der Waals surface area contributed by atoms with E-state index < -0.39 is 34.4 Å². The van der Waals surface area contributed by atoms with Crippen LogP contribution in [0.1, 0.15) is 70.4 Å². The van der Waals surface area contributed by atoms with Crippen molar-refractivity contribution in [1.29, 1.82) is 0 Å². The molecule has 8 nitrogen and oxygen atoms in total. The highest BCUT2D eigenvalue weighted by molar-refractivity contribution is 6.08. The van der Waals surface area contributed by atoms with Gasteiger partial charge in [-0.3, -0.25) is 4.79 Å². The fourth-order valence-electron chi connectivity index (χ4n) is 7.13. The van der Waals surface area contributed by atoms with Gasteiger partial charge in [0, 0.05) is 16.7 Å². The summed E-state index contributed by atoms with van der Waals surface area (Å²) in [4.78, 5) is 38.6. The Bertz CT molecular complexity index is 1190. The van der Waals surface area contributed by atoms with Crippen LogP contribution in [0.15, 0.2) is 16.9 Å². The van der Waals surface area contributed by atoms with Crippen molar-refractivity contribution in [2.45, 2.75) is 50.9 Å². The van der Waals surface area contributed by atoms with E-state index in [1.54, 1.807) is 0 Å². The summed E-state index contributed by atoms with van der Waals surface area (Å²) in [6.45, 7) is 1.82. The SMILES string of the molecule is Cc1cc(-c2c(C(=O)O)c(N)[nH]c(=O)c2C(=O)O)c(O)c(C23CC4CC(CC(C4)C2)C3)c1. The highest BCUT2D eigenvalue weighted by atomic mass is 16.4. The van der Waals surface area contributed by atoms with E-state index in [-0.39, 0.29) is 22.3 Å². The highest BCUT2D eigenvalue weighted by Gasteiger charge is 2.52. The van der Waals surface area contributed by atoms with Gasteiger partial charge in [-0.2, -0.15) is 0 Å². The fraction of sp³-hybridized carbons (Fsp3) is 0.458. The van der Waals surface area contributed by atoms with Crippen molar-refractivity contribution < 1.29 is 24.9 Å². The molecule has 1 heterocycles. The molecule has 6 N–H and O–H groups in total. The number of aromatic hydroxyl groups is 1. The molecule has 4 saturated carbocycles. The second kappa shape index (κ2) is 6.85. The minimum atomic E-state index is -1.58. The molecule has 0 aliphatic heterocycles. The van der Waals surface area contributed by atoms with E-state index in [1.165, 1.54) is 25.3 Å². The van der Waals surface area contributed by atoms with E-state index in [9.17, 15) is 29.7 Å². The first kappa shape index (κ1) is 20.6. The molecule has 0 saturated heterocycles. The summed E-state index contributed by atoms with van der Waals surface area (Å²) in [6, 6.07) is 3.47. The number of anilines is 1. The van der Waals surface area contributed by atoms with Crippen LogP contribution in [0, 0.1) is 24.7 Å². The number of carboxylic acid groups (broad SMARTS) is 2. The summed E-state index contributed by atoms with van der Waals surface area (Å²) >= 11 is 0. The van der Waals surface area contributed by atoms with Gasteiger partial charge in [0.05, 0.1) is 0 Å². The van der Waals surface area contributed by atoms with Crippen molar-refractivity contribution >= 4 is 17.8 Å². The number of hydrogen-bond donors (Lipinski definition) is 5. The molecule has 168 valence electrons. The topological polar surface area (TPSA) is 154 Å². The Labute approximate surface area is 184 Å². The molecule has 4 fully saturated rings. The second-order valence-corrected chi connectivity index (χ2v) is 10.0. The number of nitrogens with one attached hydrogen (secondary N) is 1. The predicted molar refractivity (Wildman–Crippen MR) is 117 cm³/mol. The number of phenols is 1. The van der Waals surface area contributed by atoms with Crippen LogP contribution in [0.25, 0.3) is 11.1 Å². The molecular formula is C24H26N2O6. The van der Waals surface area contributed by atoms with Crippen molar-refractivity contribution in [3.63, 3.8) is 0 Å². The van der Waals surface area contributed by atoms with Crippen LogP contribution in [0.4, 0.5) is 5.82 Å². The van der Waals surface area contributed by atoms with E-state index in [0.29, 0.717) is 17.8 Å². The highest BCUT2D eigenvalue weighted by Crippen LogP contribution is 2.62. The molecule has 0 amide bonds. The van der Waals surface area contributed by atoms with Gasteiger partial charge in [0.25, 0.3) is 5.56 Å². The molecule has 32 heavy (non-hydrogen) atoms. The molecule has 0 spiro atoms. The summed E-state index contributed by atoms with van der Waals surface area (Å²) in [5.41, 5.74) is 4.48. The lowest BCUT2D eigenvalue weighted by Gasteiger charge is -2.57. The number of aromatic nitrogens is 1. The number of carboxylic acids is 2. The normalized spacial score (nSPS) is 28.1. The van der Waals surface area contributed by atoms with E-state index in [0.717, 1.165) is 30.4 Å². The van der Waals surface area contributed by atoms with Crippen molar-refractivity contribution in [2.75, 3.05) is 5.73 Å². The number of nitrogens with two attached hydrogens (primary N) is 1. The maximum absolute atomic E-state index is 12.5. The number of pyridine rings is 1. The largest absolute Gasteiger partial charge is 0.507 e. The Balaban J connectivity index is 1.79. The summed E-state index contributed by atoms with van der Waals surface area (Å²) in [6.07, 6.45) is 6.54. The quantitative estimate of drug-likeness (QED) is 0.489. The number of H-pyrrole nitrogens is 1. The van der Waals surface area contributed by atoms with Crippen LogP contribution < -0.4 is 11.3 Å². The summed E-state index contributed by atoms with van der Waals surface area (Å²) < 4.78 is 0. The van der Waals surface area contributed by atoms with Crippen LogP contribution in [0.3, 0.4) is 0 Å². The van der Waals surface area contributed by atoms with E-state index in [1.807, 2.05) is 13.0 Å². The molecule has 6 rings (SSSR count). The zero-order valence-electron chi connectivity index (χ0n) is 17.8. The molecule has 0 unspecified atom stereocenters. The molecule has 1 aromatic carbocycles. The van der Waals surface area contributed by atoms with E-state index in [4.69, 9.17) is 5.73 Å². The Morgan fingerprint density at radius 2 is 1.53 bits per heavy atom. The van der Waals surface area contributed by atoms with Crippen molar-refractivity contribution in [2.24, 2.45) is 17.8 Å². The summed E-state index contributed by atoms with van der Waals surface area (Å²) in [5.74, 6) is -1.81. The van der Waals surface area contributed by atoms with Crippen molar-refractivity contribution in [1.82, 2.24) is 4.98 Å². The number of nitrogen functional groups attached to an aromatic ring is 1. The molecule has 2 aromatic rings. The third-order valence-corrected chi connectivity index (χ3v) is 7.81. The minimum Gasteiger partial charge on any atom is -0.507 e. The number of aryl methyl sites for hydroxylation is 1. The van der Waals surface area contributed by atoms with Crippen LogP contribution >= 0.6 is 0 Å². The number of rotatable bonds is 4. The monoisotopic (exact) mass is 438 g/mol. The standard InChI is InChI=1S/C24H26N2O6/c1-10-2-14(16-17(22(29)30)20(25)26-21(28)18(16)23(31)32)19(27)15(3-10)24-7-11-4-12(8-24)6-13(5-11)9-24/h2-3,11-13,27H,4-9H2,1H3,(H,29,30)(H,31,32)(H3,25,26,28). The van der Waals surface area contributed by atoms with Gasteiger partial charge < -0.3 is 26.0 Å². The second-order valence-electron chi connectivity index (χ2n) is 10.0. The molecule has 8 heteroatoms. The average molecular weight is 438 g/mol. The van der Waals surface area contributed by atoms with Gasteiger partial charge in [0.2, 0.25) is 0 Å². The Hall–Kier alpha value is -3.29. The third-order valence-electron chi connectivity index (χ3n) is 7.81.